The van der Waals surface area contributed by atoms with Crippen molar-refractivity contribution < 1.29 is 17.6 Å². The van der Waals surface area contributed by atoms with Crippen molar-refractivity contribution in [1.82, 2.24) is 8.87 Å². The molecule has 1 aliphatic rings. The van der Waals surface area contributed by atoms with E-state index in [0.717, 1.165) is 23.3 Å². The fraction of sp³-hybridized carbons (Fsp3) is 0.364. The average molecular weight is 478 g/mol. The number of halogens is 1. The molecule has 3 aromatic rings. The molecule has 1 fully saturated rings. The van der Waals surface area contributed by atoms with Gasteiger partial charge in [0, 0.05) is 31.2 Å². The molecule has 170 valence electrons. The smallest absolute Gasteiger partial charge is 0.308 e. The van der Waals surface area contributed by atoms with Gasteiger partial charge >= 0.3 is 4.87 Å². The second-order valence-electron chi connectivity index (χ2n) is 7.83. The third-order valence-corrected chi connectivity index (χ3v) is 8.48. The van der Waals surface area contributed by atoms with Gasteiger partial charge in [-0.2, -0.15) is 4.31 Å². The van der Waals surface area contributed by atoms with Crippen LogP contribution in [0.5, 0.6) is 0 Å². The lowest BCUT2D eigenvalue weighted by Gasteiger charge is -2.30. The standard InChI is InChI=1S/C22H24FN3O4S2/c1-2-10-26-19-7-6-18(14-20(19)31-22(26)28)32(29,30)25-11-8-15(9-12-25)21(27)24-17-5-3-4-16(23)13-17/h3-7,13-15H,2,8-12H2,1H3,(H,24,27). The first-order chi connectivity index (χ1) is 15.3. The molecule has 4 rings (SSSR count). The Hall–Kier alpha value is -2.56. The zero-order valence-corrected chi connectivity index (χ0v) is 19.2. The molecule has 0 aliphatic carbocycles. The molecule has 1 aromatic heterocycles. The van der Waals surface area contributed by atoms with Crippen molar-refractivity contribution in [2.75, 3.05) is 18.4 Å². The molecule has 0 spiro atoms. The number of fused-ring (bicyclic) bond motifs is 1. The van der Waals surface area contributed by atoms with E-state index in [0.29, 0.717) is 29.8 Å². The third kappa shape index (κ3) is 4.48. The van der Waals surface area contributed by atoms with Gasteiger partial charge in [-0.1, -0.05) is 24.3 Å². The van der Waals surface area contributed by atoms with Crippen LogP contribution >= 0.6 is 11.3 Å². The summed E-state index contributed by atoms with van der Waals surface area (Å²) in [6, 6.07) is 10.5. The maximum absolute atomic E-state index is 13.3. The van der Waals surface area contributed by atoms with Gasteiger partial charge in [-0.3, -0.25) is 14.2 Å². The highest BCUT2D eigenvalue weighted by atomic mass is 32.2. The number of nitrogens with zero attached hydrogens (tertiary/aromatic N) is 2. The van der Waals surface area contributed by atoms with Gasteiger partial charge in [0.05, 0.1) is 15.1 Å². The number of thiazole rings is 1. The van der Waals surface area contributed by atoms with Crippen LogP contribution in [0.4, 0.5) is 10.1 Å². The highest BCUT2D eigenvalue weighted by molar-refractivity contribution is 7.89. The first-order valence-corrected chi connectivity index (χ1v) is 12.7. The van der Waals surface area contributed by atoms with Crippen LogP contribution in [0.2, 0.25) is 0 Å². The van der Waals surface area contributed by atoms with E-state index in [1.54, 1.807) is 28.8 Å². The number of carbonyl (C=O) groups excluding carboxylic acids is 1. The number of benzene rings is 2. The number of nitrogens with one attached hydrogen (secondary N) is 1. The zero-order valence-electron chi connectivity index (χ0n) is 17.6. The molecule has 0 saturated carbocycles. The number of hydrogen-bond donors (Lipinski definition) is 1. The number of rotatable bonds is 6. The molecule has 32 heavy (non-hydrogen) atoms. The Balaban J connectivity index is 1.45. The summed E-state index contributed by atoms with van der Waals surface area (Å²) in [6.45, 7) is 3.01. The molecular weight excluding hydrogens is 453 g/mol. The van der Waals surface area contributed by atoms with Crippen molar-refractivity contribution in [2.24, 2.45) is 5.92 Å². The number of anilines is 1. The largest absolute Gasteiger partial charge is 0.326 e. The van der Waals surface area contributed by atoms with Crippen LogP contribution in [0.1, 0.15) is 26.2 Å². The van der Waals surface area contributed by atoms with Crippen LogP contribution < -0.4 is 10.2 Å². The summed E-state index contributed by atoms with van der Waals surface area (Å²) in [5.74, 6) is -1.02. The van der Waals surface area contributed by atoms with Crippen molar-refractivity contribution in [3.63, 3.8) is 0 Å². The molecule has 0 atom stereocenters. The average Bonchev–Trinajstić information content (AvgIpc) is 3.08. The molecule has 7 nitrogen and oxygen atoms in total. The first-order valence-electron chi connectivity index (χ1n) is 10.5. The van der Waals surface area contributed by atoms with E-state index in [9.17, 15) is 22.4 Å². The summed E-state index contributed by atoms with van der Waals surface area (Å²) in [6.07, 6.45) is 1.57. The minimum atomic E-state index is -3.74. The summed E-state index contributed by atoms with van der Waals surface area (Å²) >= 11 is 1.05. The first kappa shape index (κ1) is 22.6. The van der Waals surface area contributed by atoms with E-state index in [4.69, 9.17) is 0 Å². The van der Waals surface area contributed by atoms with Gasteiger partial charge in [0.1, 0.15) is 5.82 Å². The van der Waals surface area contributed by atoms with Crippen LogP contribution in [-0.2, 0) is 21.4 Å². The maximum atomic E-state index is 13.3. The Kier molecular flexibility index (Phi) is 6.45. The second-order valence-corrected chi connectivity index (χ2v) is 10.8. The number of hydrogen-bond acceptors (Lipinski definition) is 5. The van der Waals surface area contributed by atoms with Crippen molar-refractivity contribution in [2.45, 2.75) is 37.6 Å². The third-order valence-electron chi connectivity index (χ3n) is 5.64. The fourth-order valence-electron chi connectivity index (χ4n) is 3.96. The van der Waals surface area contributed by atoms with Crippen molar-refractivity contribution in [3.05, 3.63) is 57.9 Å². The maximum Gasteiger partial charge on any atom is 0.308 e. The van der Waals surface area contributed by atoms with Gasteiger partial charge in [-0.05, 0) is 55.7 Å². The summed E-state index contributed by atoms with van der Waals surface area (Å²) in [5, 5.41) is 2.70. The van der Waals surface area contributed by atoms with Crippen LogP contribution in [0, 0.1) is 11.7 Å². The van der Waals surface area contributed by atoms with Crippen molar-refractivity contribution >= 4 is 43.2 Å². The quantitative estimate of drug-likeness (QED) is 0.587. The van der Waals surface area contributed by atoms with Crippen LogP contribution in [0.25, 0.3) is 10.2 Å². The molecule has 0 bridgehead atoms. The Morgan fingerprint density at radius 1 is 1.19 bits per heavy atom. The lowest BCUT2D eigenvalue weighted by Crippen LogP contribution is -2.41. The second kappa shape index (κ2) is 9.13. The molecule has 1 N–H and O–H groups in total. The SMILES string of the molecule is CCCn1c(=O)sc2cc(S(=O)(=O)N3CCC(C(=O)Nc4cccc(F)c4)CC3)ccc21. The molecule has 1 amide bonds. The lowest BCUT2D eigenvalue weighted by molar-refractivity contribution is -0.120. The van der Waals surface area contributed by atoms with Gasteiger partial charge in [0.2, 0.25) is 15.9 Å². The van der Waals surface area contributed by atoms with Crippen LogP contribution in [0.3, 0.4) is 0 Å². The molecule has 1 saturated heterocycles. The predicted octanol–water partition coefficient (Wildman–Crippen LogP) is 3.65. The highest BCUT2D eigenvalue weighted by Gasteiger charge is 2.32. The van der Waals surface area contributed by atoms with Gasteiger partial charge in [-0.25, -0.2) is 12.8 Å². The van der Waals surface area contributed by atoms with E-state index in [-0.39, 0.29) is 34.7 Å². The number of aryl methyl sites for hydroxylation is 1. The Morgan fingerprint density at radius 3 is 2.62 bits per heavy atom. The van der Waals surface area contributed by atoms with Gasteiger partial charge in [0.15, 0.2) is 0 Å². The number of piperidine rings is 1. The summed E-state index contributed by atoms with van der Waals surface area (Å²) in [5.41, 5.74) is 1.13. The number of carbonyl (C=O) groups is 1. The lowest BCUT2D eigenvalue weighted by atomic mass is 9.97. The van der Waals surface area contributed by atoms with E-state index in [2.05, 4.69) is 5.32 Å². The predicted molar refractivity (Wildman–Crippen MR) is 123 cm³/mol. The topological polar surface area (TPSA) is 88.5 Å². The molecule has 2 heterocycles. The molecular formula is C22H24FN3O4S2. The highest BCUT2D eigenvalue weighted by Crippen LogP contribution is 2.28. The normalized spacial score (nSPS) is 15.8. The molecule has 10 heteroatoms. The summed E-state index contributed by atoms with van der Waals surface area (Å²) in [4.78, 5) is 24.8. The van der Waals surface area contributed by atoms with Crippen LogP contribution in [0.15, 0.2) is 52.2 Å². The van der Waals surface area contributed by atoms with Gasteiger partial charge in [0.25, 0.3) is 0 Å². The van der Waals surface area contributed by atoms with Gasteiger partial charge in [-0.15, -0.1) is 0 Å². The Morgan fingerprint density at radius 2 is 1.94 bits per heavy atom. The number of amides is 1. The Bertz CT molecular complexity index is 1310. The van der Waals surface area contributed by atoms with E-state index < -0.39 is 15.8 Å². The number of sulfonamides is 1. The minimum absolute atomic E-state index is 0.0958. The number of aromatic nitrogens is 1. The van der Waals surface area contributed by atoms with Crippen LogP contribution in [-0.4, -0.2) is 36.3 Å². The molecule has 2 aromatic carbocycles. The molecule has 0 unspecified atom stereocenters. The fourth-order valence-corrected chi connectivity index (χ4v) is 6.49. The van der Waals surface area contributed by atoms with Gasteiger partial charge < -0.3 is 5.32 Å². The van der Waals surface area contributed by atoms with E-state index in [1.165, 1.54) is 22.5 Å². The van der Waals surface area contributed by atoms with E-state index in [1.807, 2.05) is 6.92 Å². The summed E-state index contributed by atoms with van der Waals surface area (Å²) in [7, 11) is -3.74. The van der Waals surface area contributed by atoms with E-state index >= 15 is 0 Å². The Labute approximate surface area is 189 Å². The zero-order chi connectivity index (χ0) is 22.9. The monoisotopic (exact) mass is 477 g/mol. The minimum Gasteiger partial charge on any atom is -0.326 e. The van der Waals surface area contributed by atoms with Crippen molar-refractivity contribution in [1.29, 1.82) is 0 Å². The molecule has 1 aliphatic heterocycles. The van der Waals surface area contributed by atoms with Crippen molar-refractivity contribution in [3.8, 4) is 0 Å². The summed E-state index contributed by atoms with van der Waals surface area (Å²) < 4.78 is 43.3. The molecule has 0 radical (unpaired) electrons.